The summed E-state index contributed by atoms with van der Waals surface area (Å²) in [7, 11) is 0. The number of pyridine rings is 1. The summed E-state index contributed by atoms with van der Waals surface area (Å²) in [5.74, 6) is -0.455. The van der Waals surface area contributed by atoms with E-state index in [1.807, 2.05) is 44.3 Å². The lowest BCUT2D eigenvalue weighted by Crippen LogP contribution is -2.24. The molecule has 0 bridgehead atoms. The Labute approximate surface area is 263 Å². The summed E-state index contributed by atoms with van der Waals surface area (Å²) in [6.45, 7) is 4.71. The number of rotatable bonds is 8. The molecule has 1 aliphatic heterocycles. The van der Waals surface area contributed by atoms with Crippen molar-refractivity contribution >= 4 is 62.8 Å². The lowest BCUT2D eigenvalue weighted by Gasteiger charge is -2.23. The van der Waals surface area contributed by atoms with E-state index in [1.165, 1.54) is 24.4 Å². The first-order chi connectivity index (χ1) is 21.2. The van der Waals surface area contributed by atoms with Crippen molar-refractivity contribution in [3.63, 3.8) is 0 Å². The molecule has 1 aliphatic rings. The summed E-state index contributed by atoms with van der Waals surface area (Å²) >= 11 is 12.7. The van der Waals surface area contributed by atoms with Gasteiger partial charge in [0.25, 0.3) is 0 Å². The predicted molar refractivity (Wildman–Crippen MR) is 170 cm³/mol. The molecule has 2 N–H and O–H groups in total. The van der Waals surface area contributed by atoms with Crippen LogP contribution < -0.4 is 15.5 Å². The molecule has 1 atom stereocenters. The molecule has 2 aromatic heterocycles. The highest BCUT2D eigenvalue weighted by Crippen LogP contribution is 2.38. The average molecular weight is 630 g/mol. The zero-order valence-electron chi connectivity index (χ0n) is 23.9. The van der Waals surface area contributed by atoms with Crippen LogP contribution in [-0.2, 0) is 4.79 Å². The highest BCUT2D eigenvalue weighted by molar-refractivity contribution is 6.32. The van der Waals surface area contributed by atoms with Crippen LogP contribution in [0.1, 0.15) is 55.6 Å². The van der Waals surface area contributed by atoms with Crippen molar-refractivity contribution in [1.29, 1.82) is 5.26 Å². The summed E-state index contributed by atoms with van der Waals surface area (Å²) in [5.41, 5.74) is 4.66. The third-order valence-electron chi connectivity index (χ3n) is 7.49. The van der Waals surface area contributed by atoms with Gasteiger partial charge in [0.1, 0.15) is 17.6 Å². The zero-order chi connectivity index (χ0) is 31.0. The van der Waals surface area contributed by atoms with Crippen molar-refractivity contribution in [2.45, 2.75) is 38.8 Å². The van der Waals surface area contributed by atoms with Crippen molar-refractivity contribution in [3.8, 4) is 6.07 Å². The first-order valence-corrected chi connectivity index (χ1v) is 14.8. The third-order valence-corrected chi connectivity index (χ3v) is 7.99. The minimum atomic E-state index is -0.551. The molecule has 3 aromatic carbocycles. The van der Waals surface area contributed by atoms with Gasteiger partial charge >= 0.3 is 0 Å². The van der Waals surface area contributed by atoms with Gasteiger partial charge in [-0.2, -0.15) is 5.26 Å². The van der Waals surface area contributed by atoms with Gasteiger partial charge in [0.2, 0.25) is 5.91 Å². The lowest BCUT2D eigenvalue weighted by molar-refractivity contribution is -0.117. The molecule has 0 aliphatic carbocycles. The van der Waals surface area contributed by atoms with Gasteiger partial charge in [0, 0.05) is 47.0 Å². The second kappa shape index (κ2) is 12.1. The quantitative estimate of drug-likeness (QED) is 0.180. The van der Waals surface area contributed by atoms with Crippen molar-refractivity contribution < 1.29 is 9.18 Å². The van der Waals surface area contributed by atoms with Gasteiger partial charge < -0.3 is 15.5 Å². The Balaban J connectivity index is 1.47. The molecule has 0 saturated carbocycles. The van der Waals surface area contributed by atoms with Crippen LogP contribution in [0.5, 0.6) is 0 Å². The predicted octanol–water partition coefficient (Wildman–Crippen LogP) is 7.80. The number of nitrogens with zero attached hydrogens (tertiary/aromatic N) is 6. The van der Waals surface area contributed by atoms with E-state index < -0.39 is 11.9 Å². The Morgan fingerprint density at radius 1 is 1.11 bits per heavy atom. The summed E-state index contributed by atoms with van der Waals surface area (Å²) in [4.78, 5) is 19.0. The standard InChI is InChI=1S/C32H27Cl2FN8O/c1-18(2)43-17-28(40-41-43)31(19-5-3-6-23(11-19)42-10-4-7-29(42)44)39-27-13-21(33)12-24-30(20(15-36)16-37-32(24)27)38-22-8-9-26(35)25(34)14-22/h3,5-6,8-9,11-14,16-18,31,39H,4,7,10H2,1-2H3,(H,37,38)/t31-/m0/s1. The van der Waals surface area contributed by atoms with Gasteiger partial charge in [0.05, 0.1) is 39.7 Å². The number of benzene rings is 3. The van der Waals surface area contributed by atoms with Gasteiger partial charge in [-0.25, -0.2) is 9.07 Å². The minimum absolute atomic E-state index is 0.0533. The zero-order valence-corrected chi connectivity index (χ0v) is 25.4. The molecule has 1 amide bonds. The maximum Gasteiger partial charge on any atom is 0.227 e. The largest absolute Gasteiger partial charge is 0.371 e. The molecule has 5 aromatic rings. The fourth-order valence-electron chi connectivity index (χ4n) is 5.27. The molecule has 0 unspecified atom stereocenters. The van der Waals surface area contributed by atoms with Crippen molar-refractivity contribution in [3.05, 3.63) is 99.7 Å². The summed E-state index contributed by atoms with van der Waals surface area (Å²) in [5, 5.41) is 26.4. The summed E-state index contributed by atoms with van der Waals surface area (Å²) in [6.07, 6.45) is 4.70. The number of nitrogens with one attached hydrogen (secondary N) is 2. The van der Waals surface area contributed by atoms with E-state index >= 15 is 0 Å². The van der Waals surface area contributed by atoms with Crippen LogP contribution in [0.15, 0.2) is 67.0 Å². The Morgan fingerprint density at radius 2 is 1.95 bits per heavy atom. The fourth-order valence-corrected chi connectivity index (χ4v) is 5.67. The normalized spacial score (nSPS) is 13.8. The van der Waals surface area contributed by atoms with E-state index in [1.54, 1.807) is 21.7 Å². The monoisotopic (exact) mass is 628 g/mol. The van der Waals surface area contributed by atoms with Crippen molar-refractivity contribution in [1.82, 2.24) is 20.0 Å². The van der Waals surface area contributed by atoms with Gasteiger partial charge in [-0.05, 0) is 68.3 Å². The number of amides is 1. The molecule has 222 valence electrons. The number of carbonyl (C=O) groups excluding carboxylic acids is 1. The van der Waals surface area contributed by atoms with Crippen molar-refractivity contribution in [2.24, 2.45) is 0 Å². The molecule has 0 radical (unpaired) electrons. The van der Waals surface area contributed by atoms with E-state index in [2.05, 4.69) is 32.0 Å². The molecular formula is C32H27Cl2FN8O. The van der Waals surface area contributed by atoms with Crippen LogP contribution in [0.25, 0.3) is 10.9 Å². The Hall–Kier alpha value is -4.72. The smallest absolute Gasteiger partial charge is 0.227 e. The average Bonchev–Trinajstić information content (AvgIpc) is 3.68. The number of fused-ring (bicyclic) bond motifs is 1. The molecule has 0 spiro atoms. The minimum Gasteiger partial charge on any atom is -0.371 e. The maximum atomic E-state index is 13.8. The summed E-state index contributed by atoms with van der Waals surface area (Å²) < 4.78 is 15.6. The van der Waals surface area contributed by atoms with Crippen LogP contribution in [0.3, 0.4) is 0 Å². The molecule has 1 saturated heterocycles. The highest BCUT2D eigenvalue weighted by Gasteiger charge is 2.25. The second-order valence-electron chi connectivity index (χ2n) is 10.8. The van der Waals surface area contributed by atoms with Gasteiger partial charge in [0.15, 0.2) is 0 Å². The van der Waals surface area contributed by atoms with E-state index in [0.29, 0.717) is 51.6 Å². The number of nitriles is 1. The highest BCUT2D eigenvalue weighted by atomic mass is 35.5. The van der Waals surface area contributed by atoms with Gasteiger partial charge in [-0.15, -0.1) is 5.10 Å². The number of aromatic nitrogens is 4. The first-order valence-electron chi connectivity index (χ1n) is 14.0. The fraction of sp³-hybridized carbons (Fsp3) is 0.219. The number of halogens is 3. The Kier molecular flexibility index (Phi) is 8.08. The van der Waals surface area contributed by atoms with E-state index in [-0.39, 0.29) is 22.5 Å². The van der Waals surface area contributed by atoms with Crippen LogP contribution in [0.2, 0.25) is 10.0 Å². The van der Waals surface area contributed by atoms with Crippen LogP contribution >= 0.6 is 23.2 Å². The van der Waals surface area contributed by atoms with Crippen molar-refractivity contribution in [2.75, 3.05) is 22.1 Å². The maximum absolute atomic E-state index is 13.8. The van der Waals surface area contributed by atoms with Crippen LogP contribution in [0.4, 0.5) is 27.1 Å². The molecule has 12 heteroatoms. The Bertz CT molecular complexity index is 1940. The second-order valence-corrected chi connectivity index (χ2v) is 11.6. The lowest BCUT2D eigenvalue weighted by atomic mass is 10.0. The van der Waals surface area contributed by atoms with Crippen LogP contribution in [-0.4, -0.2) is 32.4 Å². The number of hydrogen-bond acceptors (Lipinski definition) is 7. The van der Waals surface area contributed by atoms with Gasteiger partial charge in [-0.3, -0.25) is 9.78 Å². The third kappa shape index (κ3) is 5.76. The van der Waals surface area contributed by atoms with E-state index in [9.17, 15) is 14.4 Å². The topological polar surface area (TPSA) is 112 Å². The Morgan fingerprint density at radius 3 is 2.66 bits per heavy atom. The van der Waals surface area contributed by atoms with Crippen LogP contribution in [0, 0.1) is 17.1 Å². The summed E-state index contributed by atoms with van der Waals surface area (Å²) in [6, 6.07) is 17.3. The number of hydrogen-bond donors (Lipinski definition) is 2. The SMILES string of the molecule is CC(C)n1cc([C@@H](Nc2cc(Cl)cc3c(Nc4ccc(F)c(Cl)c4)c(C#N)cnc23)c2cccc(N3CCCC3=O)c2)nn1. The first kappa shape index (κ1) is 29.4. The van der Waals surface area contributed by atoms with E-state index in [0.717, 1.165) is 17.7 Å². The molecule has 9 nitrogen and oxygen atoms in total. The molecule has 1 fully saturated rings. The number of carbonyl (C=O) groups is 1. The number of anilines is 4. The molecular weight excluding hydrogens is 602 g/mol. The molecule has 44 heavy (non-hydrogen) atoms. The molecule has 6 rings (SSSR count). The molecule has 3 heterocycles. The van der Waals surface area contributed by atoms with Gasteiger partial charge in [-0.1, -0.05) is 40.5 Å². The van der Waals surface area contributed by atoms with E-state index in [4.69, 9.17) is 23.2 Å².